The Morgan fingerprint density at radius 1 is 1.19 bits per heavy atom. The average Bonchev–Trinajstić information content (AvgIpc) is 2.66. The average molecular weight is 218 g/mol. The lowest BCUT2D eigenvalue weighted by atomic mass is 10.2. The van der Waals surface area contributed by atoms with Gasteiger partial charge in [-0.2, -0.15) is 15.0 Å². The van der Waals surface area contributed by atoms with Gasteiger partial charge in [0.1, 0.15) is 11.0 Å². The molecule has 0 atom stereocenters. The highest BCUT2D eigenvalue weighted by molar-refractivity contribution is 5.73. The number of hydrogen-bond acceptors (Lipinski definition) is 3. The highest BCUT2D eigenvalue weighted by Gasteiger charge is 2.01. The molecule has 0 saturated carbocycles. The monoisotopic (exact) mass is 218 g/mol. The Morgan fingerprint density at radius 3 is 2.38 bits per heavy atom. The van der Waals surface area contributed by atoms with Crippen molar-refractivity contribution >= 4 is 16.9 Å². The van der Waals surface area contributed by atoms with Crippen LogP contribution in [0.1, 0.15) is 19.3 Å². The molecule has 0 bridgehead atoms. The molecule has 0 saturated heterocycles. The van der Waals surface area contributed by atoms with Crippen molar-refractivity contribution in [2.75, 3.05) is 0 Å². The first kappa shape index (κ1) is 10.6. The van der Waals surface area contributed by atoms with Crippen molar-refractivity contribution in [2.45, 2.75) is 25.8 Å². The Bertz CT molecular complexity index is 458. The minimum atomic E-state index is -0.251. The molecule has 0 aliphatic rings. The Hall–Kier alpha value is -1.91. The fraction of sp³-hybridized carbons (Fsp3) is 0.364. The molecule has 1 aromatic carbocycles. The Labute approximate surface area is 93.2 Å². The third kappa shape index (κ3) is 2.56. The largest absolute Gasteiger partial charge is 0.370 e. The lowest BCUT2D eigenvalue weighted by Crippen LogP contribution is -2.10. The molecule has 1 aromatic heterocycles. The summed E-state index contributed by atoms with van der Waals surface area (Å²) in [5.74, 6) is -0.251. The zero-order chi connectivity index (χ0) is 11.4. The number of aryl methyl sites for hydroxylation is 1. The number of primary amides is 1. The number of rotatable bonds is 5. The fourth-order valence-corrected chi connectivity index (χ4v) is 1.56. The molecule has 0 aliphatic heterocycles. The highest BCUT2D eigenvalue weighted by atomic mass is 16.1. The summed E-state index contributed by atoms with van der Waals surface area (Å²) in [6.07, 6.45) is 2.08. The summed E-state index contributed by atoms with van der Waals surface area (Å²) < 4.78 is 0. The van der Waals surface area contributed by atoms with E-state index in [1.807, 2.05) is 24.3 Å². The van der Waals surface area contributed by atoms with Crippen molar-refractivity contribution < 1.29 is 4.79 Å². The first-order valence-electron chi connectivity index (χ1n) is 5.34. The van der Waals surface area contributed by atoms with E-state index in [1.54, 1.807) is 4.80 Å². The first-order valence-corrected chi connectivity index (χ1v) is 5.34. The summed E-state index contributed by atoms with van der Waals surface area (Å²) in [5.41, 5.74) is 6.86. The second kappa shape index (κ2) is 4.74. The molecular weight excluding hydrogens is 204 g/mol. The van der Waals surface area contributed by atoms with Crippen molar-refractivity contribution in [3.63, 3.8) is 0 Å². The number of carbonyl (C=O) groups is 1. The molecule has 1 heterocycles. The molecule has 2 aromatic rings. The minimum Gasteiger partial charge on any atom is -0.370 e. The molecule has 0 radical (unpaired) electrons. The second-order valence-electron chi connectivity index (χ2n) is 3.71. The van der Waals surface area contributed by atoms with Crippen LogP contribution in [-0.4, -0.2) is 20.9 Å². The highest BCUT2D eigenvalue weighted by Crippen LogP contribution is 2.07. The van der Waals surface area contributed by atoms with E-state index in [9.17, 15) is 4.79 Å². The molecule has 0 fully saturated rings. The molecular formula is C11H14N4O. The predicted molar refractivity (Wildman–Crippen MR) is 60.6 cm³/mol. The van der Waals surface area contributed by atoms with E-state index >= 15 is 0 Å². The van der Waals surface area contributed by atoms with Crippen LogP contribution in [0.2, 0.25) is 0 Å². The van der Waals surface area contributed by atoms with E-state index in [2.05, 4.69) is 10.2 Å². The molecule has 84 valence electrons. The van der Waals surface area contributed by atoms with Gasteiger partial charge in [0, 0.05) is 6.42 Å². The lowest BCUT2D eigenvalue weighted by molar-refractivity contribution is -0.118. The Balaban J connectivity index is 1.92. The molecule has 5 nitrogen and oxygen atoms in total. The lowest BCUT2D eigenvalue weighted by Gasteiger charge is -1.97. The van der Waals surface area contributed by atoms with Crippen molar-refractivity contribution in [3.8, 4) is 0 Å². The molecule has 1 amide bonds. The van der Waals surface area contributed by atoms with E-state index in [1.165, 1.54) is 0 Å². The van der Waals surface area contributed by atoms with Crippen LogP contribution in [0.15, 0.2) is 24.3 Å². The minimum absolute atomic E-state index is 0.251. The van der Waals surface area contributed by atoms with E-state index in [4.69, 9.17) is 5.73 Å². The number of unbranched alkanes of at least 4 members (excludes halogenated alkanes) is 1. The van der Waals surface area contributed by atoms with Crippen molar-refractivity contribution in [1.82, 2.24) is 15.0 Å². The number of nitrogens with two attached hydrogens (primary N) is 1. The van der Waals surface area contributed by atoms with Crippen molar-refractivity contribution in [1.29, 1.82) is 0 Å². The molecule has 2 N–H and O–H groups in total. The zero-order valence-electron chi connectivity index (χ0n) is 8.97. The second-order valence-corrected chi connectivity index (χ2v) is 3.71. The Kier molecular flexibility index (Phi) is 3.14. The van der Waals surface area contributed by atoms with Crippen LogP contribution in [-0.2, 0) is 11.3 Å². The number of aromatic nitrogens is 3. The summed E-state index contributed by atoms with van der Waals surface area (Å²) in [7, 11) is 0. The van der Waals surface area contributed by atoms with Gasteiger partial charge in [0.25, 0.3) is 0 Å². The molecule has 5 heteroatoms. The number of nitrogens with zero attached hydrogens (tertiary/aromatic N) is 3. The third-order valence-electron chi connectivity index (χ3n) is 2.36. The van der Waals surface area contributed by atoms with Crippen molar-refractivity contribution in [3.05, 3.63) is 24.3 Å². The third-order valence-corrected chi connectivity index (χ3v) is 2.36. The van der Waals surface area contributed by atoms with Crippen LogP contribution in [0.3, 0.4) is 0 Å². The summed E-state index contributed by atoms with van der Waals surface area (Å²) in [4.78, 5) is 12.2. The van der Waals surface area contributed by atoms with E-state index in [-0.39, 0.29) is 5.91 Å². The van der Waals surface area contributed by atoms with Crippen LogP contribution >= 0.6 is 0 Å². The van der Waals surface area contributed by atoms with Crippen LogP contribution in [0.5, 0.6) is 0 Å². The summed E-state index contributed by atoms with van der Waals surface area (Å²) >= 11 is 0. The smallest absolute Gasteiger partial charge is 0.217 e. The summed E-state index contributed by atoms with van der Waals surface area (Å²) in [5, 5.41) is 8.64. The standard InChI is InChI=1S/C11H14N4O/c12-11(16)7-3-4-8-15-13-9-5-1-2-6-10(9)14-15/h1-2,5-6H,3-4,7-8H2,(H2,12,16). The van der Waals surface area contributed by atoms with Gasteiger partial charge < -0.3 is 5.73 Å². The number of hydrogen-bond donors (Lipinski definition) is 1. The van der Waals surface area contributed by atoms with Gasteiger partial charge in [-0.15, -0.1) is 0 Å². The van der Waals surface area contributed by atoms with Crippen LogP contribution < -0.4 is 5.73 Å². The van der Waals surface area contributed by atoms with Gasteiger partial charge in [-0.3, -0.25) is 4.79 Å². The number of fused-ring (bicyclic) bond motifs is 1. The van der Waals surface area contributed by atoms with E-state index < -0.39 is 0 Å². The maximum atomic E-state index is 10.5. The maximum Gasteiger partial charge on any atom is 0.217 e. The topological polar surface area (TPSA) is 73.8 Å². The number of amides is 1. The van der Waals surface area contributed by atoms with Gasteiger partial charge in [0.15, 0.2) is 0 Å². The van der Waals surface area contributed by atoms with Gasteiger partial charge in [-0.05, 0) is 25.0 Å². The molecule has 16 heavy (non-hydrogen) atoms. The molecule has 2 rings (SSSR count). The fourth-order valence-electron chi connectivity index (χ4n) is 1.56. The van der Waals surface area contributed by atoms with Gasteiger partial charge in [-0.1, -0.05) is 12.1 Å². The van der Waals surface area contributed by atoms with Gasteiger partial charge in [0.05, 0.1) is 6.54 Å². The number of carbonyl (C=O) groups excluding carboxylic acids is 1. The SMILES string of the molecule is NC(=O)CCCCn1nc2ccccc2n1. The summed E-state index contributed by atoms with van der Waals surface area (Å²) in [6, 6.07) is 7.74. The quantitative estimate of drug-likeness (QED) is 0.763. The maximum absolute atomic E-state index is 10.5. The molecule has 0 aliphatic carbocycles. The van der Waals surface area contributed by atoms with Crippen LogP contribution in [0.25, 0.3) is 11.0 Å². The predicted octanol–water partition coefficient (Wildman–Crippen LogP) is 1.09. The Morgan fingerprint density at radius 2 is 1.81 bits per heavy atom. The number of benzene rings is 1. The van der Waals surface area contributed by atoms with Gasteiger partial charge in [0.2, 0.25) is 5.91 Å². The van der Waals surface area contributed by atoms with Gasteiger partial charge in [-0.25, -0.2) is 0 Å². The molecule has 0 unspecified atom stereocenters. The van der Waals surface area contributed by atoms with Crippen LogP contribution in [0, 0.1) is 0 Å². The first-order chi connectivity index (χ1) is 7.75. The van der Waals surface area contributed by atoms with E-state index in [0.29, 0.717) is 6.42 Å². The van der Waals surface area contributed by atoms with Crippen molar-refractivity contribution in [2.24, 2.45) is 5.73 Å². The van der Waals surface area contributed by atoms with Gasteiger partial charge >= 0.3 is 0 Å². The summed E-state index contributed by atoms with van der Waals surface area (Å²) in [6.45, 7) is 0.724. The zero-order valence-corrected chi connectivity index (χ0v) is 8.97. The normalized spacial score (nSPS) is 10.8. The van der Waals surface area contributed by atoms with E-state index in [0.717, 1.165) is 30.4 Å². The molecule has 0 spiro atoms. The van der Waals surface area contributed by atoms with Crippen LogP contribution in [0.4, 0.5) is 0 Å².